The molecule has 0 fully saturated rings. The summed E-state index contributed by atoms with van der Waals surface area (Å²) < 4.78 is 9.20. The van der Waals surface area contributed by atoms with E-state index in [4.69, 9.17) is 10.5 Å². The molecule has 0 aliphatic rings. The Bertz CT molecular complexity index is 439. The van der Waals surface area contributed by atoms with Crippen LogP contribution in [-0.4, -0.2) is 18.0 Å². The first-order valence-electron chi connectivity index (χ1n) is 4.85. The predicted octanol–water partition coefficient (Wildman–Crippen LogP) is 2.45. The van der Waals surface area contributed by atoms with Gasteiger partial charge in [0.15, 0.2) is 16.6 Å². The molecule has 86 valence electrons. The summed E-state index contributed by atoms with van der Waals surface area (Å²) in [5.41, 5.74) is 7.00. The molecule has 0 unspecified atom stereocenters. The van der Waals surface area contributed by atoms with Crippen LogP contribution in [0.5, 0.6) is 5.75 Å². The van der Waals surface area contributed by atoms with Gasteiger partial charge in [0, 0.05) is 6.54 Å². The van der Waals surface area contributed by atoms with E-state index in [1.165, 1.54) is 17.1 Å². The molecule has 6 heteroatoms. The molecular formula is C10H13N3OS2. The highest BCUT2D eigenvalue weighted by Crippen LogP contribution is 2.34. The van der Waals surface area contributed by atoms with Crippen LogP contribution in [0.15, 0.2) is 16.8 Å². The highest BCUT2D eigenvalue weighted by atomic mass is 32.1. The van der Waals surface area contributed by atoms with Gasteiger partial charge in [-0.05, 0) is 40.3 Å². The largest absolute Gasteiger partial charge is 0.490 e. The average molecular weight is 255 g/mol. The number of nitrogens with zero attached hydrogens (tertiary/aromatic N) is 1. The Morgan fingerprint density at radius 1 is 1.56 bits per heavy atom. The summed E-state index contributed by atoms with van der Waals surface area (Å²) in [5, 5.41) is 8.41. The highest BCUT2D eigenvalue weighted by Gasteiger charge is 2.10. The SMILES string of the molecule is COc1c(N)nsc1NCCc1ccsc1. The number of ether oxygens (including phenoxy) is 1. The summed E-state index contributed by atoms with van der Waals surface area (Å²) in [6.45, 7) is 0.856. The summed E-state index contributed by atoms with van der Waals surface area (Å²) in [6, 6.07) is 2.13. The van der Waals surface area contributed by atoms with Crippen molar-refractivity contribution in [1.82, 2.24) is 4.37 Å². The second-order valence-electron chi connectivity index (χ2n) is 3.24. The molecule has 0 amide bonds. The summed E-state index contributed by atoms with van der Waals surface area (Å²) in [5.74, 6) is 1.10. The van der Waals surface area contributed by atoms with E-state index in [2.05, 4.69) is 26.5 Å². The molecule has 2 aromatic heterocycles. The summed E-state index contributed by atoms with van der Waals surface area (Å²) in [6.07, 6.45) is 0.991. The van der Waals surface area contributed by atoms with E-state index < -0.39 is 0 Å². The van der Waals surface area contributed by atoms with Crippen LogP contribution in [0.1, 0.15) is 5.56 Å². The maximum Gasteiger partial charge on any atom is 0.197 e. The van der Waals surface area contributed by atoms with Crippen molar-refractivity contribution in [2.24, 2.45) is 0 Å². The zero-order valence-corrected chi connectivity index (χ0v) is 10.5. The monoisotopic (exact) mass is 255 g/mol. The fourth-order valence-corrected chi connectivity index (χ4v) is 2.77. The molecule has 16 heavy (non-hydrogen) atoms. The second kappa shape index (κ2) is 5.18. The smallest absolute Gasteiger partial charge is 0.197 e. The molecule has 3 N–H and O–H groups in total. The van der Waals surface area contributed by atoms with Crippen molar-refractivity contribution < 1.29 is 4.74 Å². The van der Waals surface area contributed by atoms with Crippen LogP contribution in [0.2, 0.25) is 0 Å². The minimum Gasteiger partial charge on any atom is -0.490 e. The third kappa shape index (κ3) is 2.45. The Morgan fingerprint density at radius 3 is 3.12 bits per heavy atom. The highest BCUT2D eigenvalue weighted by molar-refractivity contribution is 7.11. The predicted molar refractivity (Wildman–Crippen MR) is 69.6 cm³/mol. The van der Waals surface area contributed by atoms with Crippen LogP contribution in [0.25, 0.3) is 0 Å². The minimum atomic E-state index is 0.450. The normalized spacial score (nSPS) is 10.3. The van der Waals surface area contributed by atoms with Crippen LogP contribution < -0.4 is 15.8 Å². The number of nitrogens with two attached hydrogens (primary N) is 1. The number of rotatable bonds is 5. The third-order valence-electron chi connectivity index (χ3n) is 2.16. The number of aromatic nitrogens is 1. The van der Waals surface area contributed by atoms with Crippen LogP contribution in [0.3, 0.4) is 0 Å². The van der Waals surface area contributed by atoms with Crippen molar-refractivity contribution in [2.45, 2.75) is 6.42 Å². The van der Waals surface area contributed by atoms with Crippen molar-refractivity contribution in [1.29, 1.82) is 0 Å². The molecule has 0 saturated heterocycles. The van der Waals surface area contributed by atoms with Gasteiger partial charge in [-0.15, -0.1) is 0 Å². The molecule has 0 bridgehead atoms. The lowest BCUT2D eigenvalue weighted by Crippen LogP contribution is -2.04. The van der Waals surface area contributed by atoms with E-state index in [-0.39, 0.29) is 0 Å². The molecule has 0 atom stereocenters. The molecule has 0 aliphatic heterocycles. The van der Waals surface area contributed by atoms with Crippen LogP contribution in [-0.2, 0) is 6.42 Å². The number of hydrogen-bond donors (Lipinski definition) is 2. The van der Waals surface area contributed by atoms with Gasteiger partial charge in [-0.25, -0.2) is 0 Å². The van der Waals surface area contributed by atoms with E-state index in [1.807, 2.05) is 0 Å². The fraction of sp³-hybridized carbons (Fsp3) is 0.300. The molecule has 4 nitrogen and oxygen atoms in total. The number of anilines is 2. The fourth-order valence-electron chi connectivity index (χ4n) is 1.36. The molecular weight excluding hydrogens is 242 g/mol. The van der Waals surface area contributed by atoms with Gasteiger partial charge in [-0.1, -0.05) is 0 Å². The van der Waals surface area contributed by atoms with Gasteiger partial charge in [0.2, 0.25) is 0 Å². The maximum absolute atomic E-state index is 5.65. The number of hydrogen-bond acceptors (Lipinski definition) is 6. The van der Waals surface area contributed by atoms with Gasteiger partial charge in [0.05, 0.1) is 7.11 Å². The Kier molecular flexibility index (Phi) is 3.63. The topological polar surface area (TPSA) is 60.2 Å². The number of thiophene rings is 1. The number of nitrogens with one attached hydrogen (secondary N) is 1. The van der Waals surface area contributed by atoms with Crippen LogP contribution in [0, 0.1) is 0 Å². The molecule has 0 spiro atoms. The zero-order chi connectivity index (χ0) is 11.4. The van der Waals surface area contributed by atoms with Gasteiger partial charge in [-0.3, -0.25) is 0 Å². The number of methoxy groups -OCH3 is 1. The lowest BCUT2D eigenvalue weighted by atomic mass is 10.2. The van der Waals surface area contributed by atoms with Crippen molar-refractivity contribution in [3.8, 4) is 5.75 Å². The zero-order valence-electron chi connectivity index (χ0n) is 8.90. The van der Waals surface area contributed by atoms with E-state index in [0.717, 1.165) is 18.0 Å². The maximum atomic E-state index is 5.65. The van der Waals surface area contributed by atoms with E-state index in [9.17, 15) is 0 Å². The molecule has 0 saturated carbocycles. The summed E-state index contributed by atoms with van der Waals surface area (Å²) in [7, 11) is 1.60. The lowest BCUT2D eigenvalue weighted by molar-refractivity contribution is 0.419. The van der Waals surface area contributed by atoms with Crippen molar-refractivity contribution in [3.63, 3.8) is 0 Å². The second-order valence-corrected chi connectivity index (χ2v) is 4.79. The van der Waals surface area contributed by atoms with Gasteiger partial charge in [0.25, 0.3) is 0 Å². The molecule has 2 heterocycles. The standard InChI is InChI=1S/C10H13N3OS2/c1-14-8-9(11)13-16-10(8)12-4-2-7-3-5-15-6-7/h3,5-6,12H,2,4H2,1H3,(H2,11,13). The first-order chi connectivity index (χ1) is 7.81. The van der Waals surface area contributed by atoms with Gasteiger partial charge >= 0.3 is 0 Å². The third-order valence-corrected chi connectivity index (χ3v) is 3.69. The van der Waals surface area contributed by atoms with E-state index in [0.29, 0.717) is 11.6 Å². The number of nitrogen functional groups attached to an aromatic ring is 1. The van der Waals surface area contributed by atoms with Crippen LogP contribution >= 0.6 is 22.9 Å². The molecule has 0 aromatic carbocycles. The van der Waals surface area contributed by atoms with Gasteiger partial charge < -0.3 is 15.8 Å². The van der Waals surface area contributed by atoms with Crippen molar-refractivity contribution in [2.75, 3.05) is 24.7 Å². The summed E-state index contributed by atoms with van der Waals surface area (Å²) >= 11 is 3.04. The lowest BCUT2D eigenvalue weighted by Gasteiger charge is -2.04. The summed E-state index contributed by atoms with van der Waals surface area (Å²) in [4.78, 5) is 0. The van der Waals surface area contributed by atoms with Gasteiger partial charge in [-0.2, -0.15) is 15.7 Å². The van der Waals surface area contributed by atoms with E-state index >= 15 is 0 Å². The molecule has 0 aliphatic carbocycles. The molecule has 2 rings (SSSR count). The quantitative estimate of drug-likeness (QED) is 0.861. The van der Waals surface area contributed by atoms with Crippen molar-refractivity contribution in [3.05, 3.63) is 22.4 Å². The van der Waals surface area contributed by atoms with Crippen LogP contribution in [0.4, 0.5) is 10.8 Å². The minimum absolute atomic E-state index is 0.450. The molecule has 2 aromatic rings. The Morgan fingerprint density at radius 2 is 2.44 bits per heavy atom. The Labute approximate surface area is 102 Å². The van der Waals surface area contributed by atoms with Gasteiger partial charge in [0.1, 0.15) is 0 Å². The first kappa shape index (κ1) is 11.2. The Balaban J connectivity index is 1.89. The van der Waals surface area contributed by atoms with Crippen molar-refractivity contribution >= 4 is 33.7 Å². The Hall–Kier alpha value is -1.27. The average Bonchev–Trinajstić information content (AvgIpc) is 2.89. The first-order valence-corrected chi connectivity index (χ1v) is 6.57. The van der Waals surface area contributed by atoms with E-state index in [1.54, 1.807) is 18.4 Å². The molecule has 0 radical (unpaired) electrons.